The Morgan fingerprint density at radius 3 is 2.56 bits per heavy atom. The first-order chi connectivity index (χ1) is 14.8. The molecule has 2 amide bonds. The number of nitrogens with two attached hydrogens (primary N) is 1. The molecule has 1 fully saturated rings. The van der Waals surface area contributed by atoms with Crippen LogP contribution in [0.1, 0.15) is 68.5 Å². The highest BCUT2D eigenvalue weighted by Crippen LogP contribution is 2.47. The minimum Gasteiger partial charge on any atom is -0.435 e. The van der Waals surface area contributed by atoms with Crippen molar-refractivity contribution in [2.75, 3.05) is 5.32 Å². The van der Waals surface area contributed by atoms with Crippen LogP contribution in [-0.4, -0.2) is 26.9 Å². The van der Waals surface area contributed by atoms with E-state index in [2.05, 4.69) is 19.4 Å². The van der Waals surface area contributed by atoms with E-state index in [0.717, 1.165) is 24.2 Å². The molecule has 8 nitrogen and oxygen atoms in total. The summed E-state index contributed by atoms with van der Waals surface area (Å²) in [6.45, 7) is 3.78. The number of ether oxygens (including phenoxy) is 1. The van der Waals surface area contributed by atoms with Crippen molar-refractivity contribution in [3.8, 4) is 5.75 Å². The number of aromatic nitrogens is 1. The predicted molar refractivity (Wildman–Crippen MR) is 119 cm³/mol. The zero-order valence-electron chi connectivity index (χ0n) is 18.1. The molecule has 1 heterocycles. The summed E-state index contributed by atoms with van der Waals surface area (Å²) in [5, 5.41) is 18.8. The van der Waals surface area contributed by atoms with Crippen LogP contribution in [0.15, 0.2) is 26.9 Å². The van der Waals surface area contributed by atoms with Gasteiger partial charge in [0.15, 0.2) is 9.92 Å². The molecule has 0 radical (unpaired) electrons. The summed E-state index contributed by atoms with van der Waals surface area (Å²) in [4.78, 5) is 16.7. The highest BCUT2D eigenvalue weighted by molar-refractivity contribution is 7.93. The van der Waals surface area contributed by atoms with Crippen LogP contribution in [0.25, 0.3) is 0 Å². The smallest absolute Gasteiger partial charge is 0.387 e. The average Bonchev–Trinajstić information content (AvgIpc) is 3.34. The number of alkyl halides is 2. The van der Waals surface area contributed by atoms with Gasteiger partial charge in [0.1, 0.15) is 20.6 Å². The maximum absolute atomic E-state index is 12.9. The quantitative estimate of drug-likeness (QED) is 0.511. The van der Waals surface area contributed by atoms with E-state index in [1.807, 2.05) is 13.8 Å². The van der Waals surface area contributed by atoms with Crippen LogP contribution in [0, 0.1) is 0 Å². The van der Waals surface area contributed by atoms with E-state index in [0.29, 0.717) is 16.8 Å². The van der Waals surface area contributed by atoms with Crippen LogP contribution < -0.4 is 15.2 Å². The van der Waals surface area contributed by atoms with E-state index in [9.17, 15) is 22.9 Å². The topological polar surface area (TPSA) is 127 Å². The van der Waals surface area contributed by atoms with Gasteiger partial charge >= 0.3 is 12.6 Å². The zero-order valence-corrected chi connectivity index (χ0v) is 19.7. The Hall–Kier alpha value is -2.15. The molecule has 0 aliphatic heterocycles. The van der Waals surface area contributed by atoms with Crippen LogP contribution >= 0.6 is 11.3 Å². The predicted octanol–water partition coefficient (Wildman–Crippen LogP) is 4.91. The SMILES string of the molecule is CC(C)c1cc(OC(F)F)cc(C2CC2)c1NC(=O)N=S(N)(=O)c1cnc(C(C)(C)O)s1. The van der Waals surface area contributed by atoms with Crippen molar-refractivity contribution >= 4 is 33.0 Å². The van der Waals surface area contributed by atoms with Crippen molar-refractivity contribution in [2.45, 2.75) is 68.8 Å². The van der Waals surface area contributed by atoms with E-state index in [4.69, 9.17) is 5.14 Å². The molecule has 176 valence electrons. The molecule has 1 saturated carbocycles. The molecular formula is C20H26F2N4O4S2. The van der Waals surface area contributed by atoms with Gasteiger partial charge in [0, 0.05) is 5.69 Å². The molecule has 1 unspecified atom stereocenters. The van der Waals surface area contributed by atoms with Crippen LogP contribution in [0.2, 0.25) is 0 Å². The van der Waals surface area contributed by atoms with Gasteiger partial charge in [0.25, 0.3) is 0 Å². The largest absolute Gasteiger partial charge is 0.435 e. The zero-order chi connectivity index (χ0) is 23.8. The van der Waals surface area contributed by atoms with Crippen LogP contribution in [0.3, 0.4) is 0 Å². The Labute approximate surface area is 189 Å². The minimum absolute atomic E-state index is 0.0203. The molecule has 0 saturated heterocycles. The van der Waals surface area contributed by atoms with E-state index >= 15 is 0 Å². The second-order valence-electron chi connectivity index (χ2n) is 8.42. The Morgan fingerprint density at radius 2 is 2.06 bits per heavy atom. The number of aliphatic hydroxyl groups is 1. The number of urea groups is 1. The first kappa shape index (κ1) is 24.5. The normalized spacial score (nSPS) is 16.2. The molecule has 2 aromatic rings. The van der Waals surface area contributed by atoms with Crippen molar-refractivity contribution < 1.29 is 27.6 Å². The van der Waals surface area contributed by atoms with Gasteiger partial charge in [0.05, 0.1) is 6.20 Å². The lowest BCUT2D eigenvalue weighted by molar-refractivity contribution is -0.0499. The Balaban J connectivity index is 1.96. The molecule has 4 N–H and O–H groups in total. The van der Waals surface area contributed by atoms with Crippen LogP contribution in [0.4, 0.5) is 19.3 Å². The number of rotatable bonds is 7. The first-order valence-electron chi connectivity index (χ1n) is 9.95. The van der Waals surface area contributed by atoms with Gasteiger partial charge in [-0.05, 0) is 61.8 Å². The summed E-state index contributed by atoms with van der Waals surface area (Å²) < 4.78 is 46.7. The fourth-order valence-corrected chi connectivity index (χ4v) is 5.18. The third-order valence-electron chi connectivity index (χ3n) is 4.78. The third kappa shape index (κ3) is 5.80. The highest BCUT2D eigenvalue weighted by atomic mass is 32.2. The number of nitrogens with zero attached hydrogens (tertiary/aromatic N) is 2. The molecule has 0 spiro atoms. The number of halogens is 2. The first-order valence-corrected chi connectivity index (χ1v) is 12.3. The monoisotopic (exact) mass is 488 g/mol. The number of amides is 2. The fourth-order valence-electron chi connectivity index (χ4n) is 3.12. The molecule has 3 rings (SSSR count). The van der Waals surface area contributed by atoms with Gasteiger partial charge in [-0.2, -0.15) is 8.78 Å². The number of anilines is 1. The standard InChI is InChI=1S/C20H26F2N4O4S2/c1-10(2)13-7-12(30-18(21)22)8-14(11-5-6-11)16(13)25-19(27)26-32(23,29)15-9-24-17(31-15)20(3,4)28/h7-11,18,28H,5-6H2,1-4H3,(H3,23,25,26,27,29). The lowest BCUT2D eigenvalue weighted by atomic mass is 9.95. The second-order valence-corrected chi connectivity index (χ2v) is 11.5. The van der Waals surface area contributed by atoms with Gasteiger partial charge in [-0.25, -0.2) is 19.1 Å². The van der Waals surface area contributed by atoms with Gasteiger partial charge < -0.3 is 15.2 Å². The molecule has 0 bridgehead atoms. The minimum atomic E-state index is -3.61. The van der Waals surface area contributed by atoms with E-state index in [-0.39, 0.29) is 26.8 Å². The summed E-state index contributed by atoms with van der Waals surface area (Å²) in [5.41, 5.74) is 0.448. The number of hydrogen-bond acceptors (Lipinski definition) is 6. The molecular weight excluding hydrogens is 462 g/mol. The molecule has 1 aromatic carbocycles. The summed E-state index contributed by atoms with van der Waals surface area (Å²) in [5.74, 6) is -0.00356. The van der Waals surface area contributed by atoms with Gasteiger partial charge in [-0.15, -0.1) is 15.7 Å². The van der Waals surface area contributed by atoms with Crippen molar-refractivity contribution in [1.29, 1.82) is 0 Å². The van der Waals surface area contributed by atoms with E-state index < -0.39 is 28.2 Å². The molecule has 12 heteroatoms. The molecule has 1 aromatic heterocycles. The van der Waals surface area contributed by atoms with Crippen molar-refractivity contribution in [1.82, 2.24) is 4.98 Å². The number of benzene rings is 1. The third-order valence-corrected chi connectivity index (χ3v) is 7.97. The lowest BCUT2D eigenvalue weighted by Crippen LogP contribution is -2.18. The molecule has 1 atom stereocenters. The lowest BCUT2D eigenvalue weighted by Gasteiger charge is -2.19. The van der Waals surface area contributed by atoms with Gasteiger partial charge in [-0.1, -0.05) is 13.8 Å². The van der Waals surface area contributed by atoms with Gasteiger partial charge in [-0.3, -0.25) is 0 Å². The van der Waals surface area contributed by atoms with E-state index in [1.165, 1.54) is 32.2 Å². The summed E-state index contributed by atoms with van der Waals surface area (Å²) in [6, 6.07) is 2.02. The summed E-state index contributed by atoms with van der Waals surface area (Å²) in [7, 11) is -3.61. The second kappa shape index (κ2) is 9.00. The summed E-state index contributed by atoms with van der Waals surface area (Å²) in [6.07, 6.45) is 2.93. The van der Waals surface area contributed by atoms with Gasteiger partial charge in [0.2, 0.25) is 0 Å². The Bertz CT molecular complexity index is 1110. The van der Waals surface area contributed by atoms with Crippen LogP contribution in [0.5, 0.6) is 5.75 Å². The van der Waals surface area contributed by atoms with E-state index in [1.54, 1.807) is 0 Å². The summed E-state index contributed by atoms with van der Waals surface area (Å²) >= 11 is 0.906. The maximum atomic E-state index is 12.9. The molecule has 1 aliphatic carbocycles. The van der Waals surface area contributed by atoms with Crippen LogP contribution in [-0.2, 0) is 15.5 Å². The van der Waals surface area contributed by atoms with Crippen molar-refractivity contribution in [3.05, 3.63) is 34.5 Å². The van der Waals surface area contributed by atoms with Crippen molar-refractivity contribution in [3.63, 3.8) is 0 Å². The number of hydrogen-bond donors (Lipinski definition) is 3. The van der Waals surface area contributed by atoms with Crippen molar-refractivity contribution in [2.24, 2.45) is 9.50 Å². The Kier molecular flexibility index (Phi) is 6.89. The Morgan fingerprint density at radius 1 is 1.41 bits per heavy atom. The number of thiazole rings is 1. The fraction of sp³-hybridized carbons (Fsp3) is 0.500. The molecule has 1 aliphatic rings. The average molecular weight is 489 g/mol. The maximum Gasteiger partial charge on any atom is 0.387 e. The molecule has 32 heavy (non-hydrogen) atoms. The number of nitrogens with one attached hydrogen (secondary N) is 1. The number of carbonyl (C=O) groups excluding carboxylic acids is 1. The number of carbonyl (C=O) groups is 1. The highest BCUT2D eigenvalue weighted by Gasteiger charge is 2.30.